The summed E-state index contributed by atoms with van der Waals surface area (Å²) >= 11 is 1.72. The molecule has 11 heteroatoms. The van der Waals surface area contributed by atoms with Gasteiger partial charge in [0.15, 0.2) is 11.6 Å². The number of aromatic nitrogens is 2. The summed E-state index contributed by atoms with van der Waals surface area (Å²) in [5.74, 6) is 1.49. The molecule has 2 saturated heterocycles. The molecule has 0 spiro atoms. The molecule has 5 rings (SSSR count). The van der Waals surface area contributed by atoms with Crippen molar-refractivity contribution >= 4 is 45.2 Å². The van der Waals surface area contributed by atoms with Gasteiger partial charge in [-0.05, 0) is 12.1 Å². The molecule has 198 valence electrons. The smallest absolute Gasteiger partial charge is 0.236 e. The number of benzene rings is 1. The van der Waals surface area contributed by atoms with Crippen molar-refractivity contribution in [3.63, 3.8) is 0 Å². The number of nitrogen functional groups attached to an aromatic ring is 1. The summed E-state index contributed by atoms with van der Waals surface area (Å²) in [6.45, 7) is 10.8. The van der Waals surface area contributed by atoms with Crippen LogP contribution in [-0.2, 0) is 16.1 Å². The maximum atomic E-state index is 11.9. The van der Waals surface area contributed by atoms with Gasteiger partial charge in [-0.1, -0.05) is 26.0 Å². The molecule has 0 atom stereocenters. The number of rotatable bonds is 6. The van der Waals surface area contributed by atoms with Crippen LogP contribution in [0.1, 0.15) is 24.3 Å². The Balaban J connectivity index is 0.00000156. The number of morpholine rings is 1. The number of thiophene rings is 1. The van der Waals surface area contributed by atoms with E-state index in [1.807, 2.05) is 30.9 Å². The van der Waals surface area contributed by atoms with Gasteiger partial charge in [0.1, 0.15) is 0 Å². The largest absolute Gasteiger partial charge is 0.398 e. The van der Waals surface area contributed by atoms with Crippen LogP contribution in [0.25, 0.3) is 21.6 Å². The first-order valence-electron chi connectivity index (χ1n) is 12.8. The number of ether oxygens (including phenoxy) is 1. The molecule has 2 aliphatic rings. The lowest BCUT2D eigenvalue weighted by atomic mass is 10.1. The standard InChI is InChI=1S/C24H30N8O2S.C2H6/c25-13-18-17(2-1-3-19(18)27)23-28-20-12-16(15-30-4-6-31(7-5-30)21(33)14-26)35-22(20)24(29-23)32-8-10-34-11-9-32;1-2/h1-3,12-13,25H,4-11,14-15,26-27H2;1-2H3. The van der Waals surface area contributed by atoms with Gasteiger partial charge in [0.05, 0.1) is 30.0 Å². The number of carbonyl (C=O) groups excluding carboxylic acids is 1. The van der Waals surface area contributed by atoms with Crippen molar-refractivity contribution in [2.75, 3.05) is 69.7 Å². The van der Waals surface area contributed by atoms with Gasteiger partial charge >= 0.3 is 0 Å². The van der Waals surface area contributed by atoms with Crippen molar-refractivity contribution in [1.29, 1.82) is 5.41 Å². The van der Waals surface area contributed by atoms with E-state index in [1.54, 1.807) is 17.4 Å². The van der Waals surface area contributed by atoms with Gasteiger partial charge in [0, 0.05) is 73.7 Å². The highest BCUT2D eigenvalue weighted by Crippen LogP contribution is 2.36. The van der Waals surface area contributed by atoms with Crippen LogP contribution in [0.4, 0.5) is 11.5 Å². The van der Waals surface area contributed by atoms with Crippen LogP contribution in [0.15, 0.2) is 24.3 Å². The Morgan fingerprint density at radius 1 is 1.14 bits per heavy atom. The minimum absolute atomic E-state index is 0.00955. The zero-order valence-electron chi connectivity index (χ0n) is 21.6. The third-order valence-electron chi connectivity index (χ3n) is 6.52. The fourth-order valence-electron chi connectivity index (χ4n) is 4.60. The first-order chi connectivity index (χ1) is 18.1. The molecule has 2 fully saturated rings. The summed E-state index contributed by atoms with van der Waals surface area (Å²) in [6.07, 6.45) is 1.26. The minimum atomic E-state index is 0.00955. The average Bonchev–Trinajstić information content (AvgIpc) is 3.36. The highest BCUT2D eigenvalue weighted by molar-refractivity contribution is 7.19. The summed E-state index contributed by atoms with van der Waals surface area (Å²) in [6, 6.07) is 7.71. The number of anilines is 2. The Kier molecular flexibility index (Phi) is 9.04. The summed E-state index contributed by atoms with van der Waals surface area (Å²) in [7, 11) is 0. The van der Waals surface area contributed by atoms with E-state index < -0.39 is 0 Å². The van der Waals surface area contributed by atoms with Crippen LogP contribution < -0.4 is 16.4 Å². The van der Waals surface area contributed by atoms with E-state index in [4.69, 9.17) is 31.6 Å². The molecule has 2 aliphatic heterocycles. The minimum Gasteiger partial charge on any atom is -0.398 e. The maximum absolute atomic E-state index is 11.9. The summed E-state index contributed by atoms with van der Waals surface area (Å²) in [4.78, 5) is 29.4. The Morgan fingerprint density at radius 2 is 1.86 bits per heavy atom. The highest BCUT2D eigenvalue weighted by atomic mass is 32.1. The predicted molar refractivity (Wildman–Crippen MR) is 150 cm³/mol. The molecule has 2 aromatic heterocycles. The number of nitrogens with one attached hydrogen (secondary N) is 1. The molecule has 37 heavy (non-hydrogen) atoms. The summed E-state index contributed by atoms with van der Waals surface area (Å²) in [5.41, 5.74) is 14.5. The molecule has 3 aromatic rings. The number of nitrogens with two attached hydrogens (primary N) is 2. The Hall–Kier alpha value is -3.12. The lowest BCUT2D eigenvalue weighted by Gasteiger charge is -2.34. The Bertz CT molecular complexity index is 1230. The molecule has 10 nitrogen and oxygen atoms in total. The molecule has 1 aromatic carbocycles. The molecule has 5 N–H and O–H groups in total. The summed E-state index contributed by atoms with van der Waals surface area (Å²) in [5, 5.41) is 7.87. The van der Waals surface area contributed by atoms with Crippen LogP contribution in [0.5, 0.6) is 0 Å². The van der Waals surface area contributed by atoms with E-state index in [1.165, 1.54) is 11.1 Å². The second kappa shape index (κ2) is 12.4. The zero-order chi connectivity index (χ0) is 26.4. The zero-order valence-corrected chi connectivity index (χ0v) is 22.4. The summed E-state index contributed by atoms with van der Waals surface area (Å²) < 4.78 is 6.63. The third kappa shape index (κ3) is 5.90. The van der Waals surface area contributed by atoms with Gasteiger partial charge < -0.3 is 31.4 Å². The fourth-order valence-corrected chi connectivity index (χ4v) is 5.75. The van der Waals surface area contributed by atoms with E-state index in [0.717, 1.165) is 54.3 Å². The lowest BCUT2D eigenvalue weighted by Crippen LogP contribution is -2.49. The van der Waals surface area contributed by atoms with Gasteiger partial charge in [-0.15, -0.1) is 11.3 Å². The van der Waals surface area contributed by atoms with E-state index >= 15 is 0 Å². The number of hydrogen-bond donors (Lipinski definition) is 3. The second-order valence-corrected chi connectivity index (χ2v) is 9.85. The molecular weight excluding hydrogens is 488 g/mol. The Morgan fingerprint density at radius 3 is 2.54 bits per heavy atom. The maximum Gasteiger partial charge on any atom is 0.236 e. The second-order valence-electron chi connectivity index (χ2n) is 8.71. The highest BCUT2D eigenvalue weighted by Gasteiger charge is 2.24. The van der Waals surface area contributed by atoms with E-state index in [-0.39, 0.29) is 12.5 Å². The molecular formula is C26H36N8O2S. The number of amides is 1. The van der Waals surface area contributed by atoms with Gasteiger partial charge in [-0.3, -0.25) is 9.69 Å². The van der Waals surface area contributed by atoms with E-state index in [0.29, 0.717) is 43.4 Å². The molecule has 0 bridgehead atoms. The molecule has 4 heterocycles. The fraction of sp³-hybridized carbons (Fsp3) is 0.462. The number of fused-ring (bicyclic) bond motifs is 1. The molecule has 0 unspecified atom stereocenters. The monoisotopic (exact) mass is 524 g/mol. The number of hydrogen-bond acceptors (Lipinski definition) is 10. The van der Waals surface area contributed by atoms with Crippen LogP contribution in [0.3, 0.4) is 0 Å². The van der Waals surface area contributed by atoms with E-state index in [9.17, 15) is 4.79 Å². The van der Waals surface area contributed by atoms with E-state index in [2.05, 4.69) is 15.9 Å². The van der Waals surface area contributed by atoms with Gasteiger partial charge in [-0.2, -0.15) is 0 Å². The van der Waals surface area contributed by atoms with Crippen LogP contribution >= 0.6 is 11.3 Å². The van der Waals surface area contributed by atoms with Crippen molar-refractivity contribution < 1.29 is 9.53 Å². The van der Waals surface area contributed by atoms with Gasteiger partial charge in [0.2, 0.25) is 5.91 Å². The number of piperazine rings is 1. The van der Waals surface area contributed by atoms with Crippen LogP contribution in [0.2, 0.25) is 0 Å². The topological polar surface area (TPSA) is 138 Å². The predicted octanol–water partition coefficient (Wildman–Crippen LogP) is 2.40. The van der Waals surface area contributed by atoms with Gasteiger partial charge in [0.25, 0.3) is 0 Å². The van der Waals surface area contributed by atoms with Crippen LogP contribution in [-0.4, -0.2) is 90.9 Å². The van der Waals surface area contributed by atoms with Crippen molar-refractivity contribution in [3.05, 3.63) is 34.7 Å². The van der Waals surface area contributed by atoms with Gasteiger partial charge in [-0.25, -0.2) is 9.97 Å². The molecule has 1 amide bonds. The Labute approximate surface area is 221 Å². The number of carbonyl (C=O) groups is 1. The van der Waals surface area contributed by atoms with Crippen molar-refractivity contribution in [1.82, 2.24) is 19.8 Å². The molecule has 0 aliphatic carbocycles. The van der Waals surface area contributed by atoms with Crippen molar-refractivity contribution in [2.45, 2.75) is 20.4 Å². The average molecular weight is 525 g/mol. The third-order valence-corrected chi connectivity index (χ3v) is 7.62. The van der Waals surface area contributed by atoms with Crippen LogP contribution in [0, 0.1) is 5.41 Å². The normalized spacial score (nSPS) is 16.4. The van der Waals surface area contributed by atoms with Crippen molar-refractivity contribution in [3.8, 4) is 11.4 Å². The molecule has 0 radical (unpaired) electrons. The quantitative estimate of drug-likeness (QED) is 0.330. The number of nitrogens with zero attached hydrogens (tertiary/aromatic N) is 5. The lowest BCUT2D eigenvalue weighted by molar-refractivity contribution is -0.131. The SMILES string of the molecule is CC.N=Cc1c(N)cccc1-c1nc(N2CCOCC2)c2sc(CN3CCN(C(=O)CN)CC3)cc2n1. The van der Waals surface area contributed by atoms with Crippen molar-refractivity contribution in [2.24, 2.45) is 5.73 Å². The first-order valence-corrected chi connectivity index (χ1v) is 13.6. The molecule has 0 saturated carbocycles. The first kappa shape index (κ1) is 26.9.